The van der Waals surface area contributed by atoms with Crippen LogP contribution in [0.25, 0.3) is 0 Å². The zero-order valence-corrected chi connectivity index (χ0v) is 13.2. The van der Waals surface area contributed by atoms with E-state index in [1.807, 2.05) is 30.3 Å². The number of carbonyl (C=O) groups excluding carboxylic acids is 2. The summed E-state index contributed by atoms with van der Waals surface area (Å²) in [6.07, 6.45) is -0.786. The fourth-order valence-electron chi connectivity index (χ4n) is 2.58. The van der Waals surface area contributed by atoms with Crippen molar-refractivity contribution in [3.05, 3.63) is 71.3 Å². The van der Waals surface area contributed by atoms with Crippen LogP contribution in [-0.2, 0) is 4.74 Å². The largest absolute Gasteiger partial charge is 0.439 e. The van der Waals surface area contributed by atoms with Gasteiger partial charge in [0.15, 0.2) is 11.6 Å². The van der Waals surface area contributed by atoms with E-state index >= 15 is 0 Å². The Kier molecular flexibility index (Phi) is 4.92. The average Bonchev–Trinajstić information content (AvgIpc) is 2.99. The molecule has 130 valence electrons. The maximum absolute atomic E-state index is 13.1. The Labute approximate surface area is 143 Å². The molecule has 2 aromatic carbocycles. The van der Waals surface area contributed by atoms with E-state index in [-0.39, 0.29) is 24.8 Å². The van der Waals surface area contributed by atoms with Crippen molar-refractivity contribution in [1.29, 1.82) is 0 Å². The second-order valence-corrected chi connectivity index (χ2v) is 5.61. The Bertz CT molecular complexity index is 783. The molecule has 2 aromatic rings. The molecule has 0 spiro atoms. The lowest BCUT2D eigenvalue weighted by Gasteiger charge is -2.13. The lowest BCUT2D eigenvalue weighted by Crippen LogP contribution is -2.35. The number of hydrogen-bond acceptors (Lipinski definition) is 3. The van der Waals surface area contributed by atoms with Crippen molar-refractivity contribution in [2.45, 2.75) is 6.10 Å². The number of benzene rings is 2. The van der Waals surface area contributed by atoms with E-state index in [4.69, 9.17) is 4.74 Å². The highest BCUT2D eigenvalue weighted by Gasteiger charge is 2.31. The van der Waals surface area contributed by atoms with Gasteiger partial charge in [-0.25, -0.2) is 13.6 Å². The quantitative estimate of drug-likeness (QED) is 0.906. The minimum atomic E-state index is -1.08. The lowest BCUT2D eigenvalue weighted by molar-refractivity contribution is 0.0947. The van der Waals surface area contributed by atoms with Gasteiger partial charge in [-0.15, -0.1) is 0 Å². The van der Waals surface area contributed by atoms with Gasteiger partial charge in [-0.05, 0) is 23.8 Å². The molecule has 7 heteroatoms. The fraction of sp³-hybridized carbons (Fsp3) is 0.222. The molecule has 1 fully saturated rings. The van der Waals surface area contributed by atoms with Gasteiger partial charge >= 0.3 is 6.09 Å². The van der Waals surface area contributed by atoms with Gasteiger partial charge in [0.25, 0.3) is 5.91 Å². The predicted molar refractivity (Wildman–Crippen MR) is 85.9 cm³/mol. The van der Waals surface area contributed by atoms with Gasteiger partial charge in [-0.1, -0.05) is 30.3 Å². The maximum atomic E-state index is 13.1. The third-order valence-electron chi connectivity index (χ3n) is 3.91. The summed E-state index contributed by atoms with van der Waals surface area (Å²) in [7, 11) is 0. The zero-order valence-electron chi connectivity index (χ0n) is 13.2. The number of amides is 2. The van der Waals surface area contributed by atoms with Gasteiger partial charge < -0.3 is 15.0 Å². The molecule has 0 bridgehead atoms. The molecule has 1 N–H and O–H groups in total. The van der Waals surface area contributed by atoms with Crippen molar-refractivity contribution >= 4 is 12.0 Å². The molecule has 5 nitrogen and oxygen atoms in total. The first-order valence-electron chi connectivity index (χ1n) is 7.78. The molecule has 1 atom stereocenters. The van der Waals surface area contributed by atoms with Crippen molar-refractivity contribution in [2.24, 2.45) is 0 Å². The van der Waals surface area contributed by atoms with Crippen molar-refractivity contribution < 1.29 is 23.1 Å². The summed E-state index contributed by atoms with van der Waals surface area (Å²) in [5.41, 5.74) is 0.925. The number of nitrogens with one attached hydrogen (secondary N) is 1. The third-order valence-corrected chi connectivity index (χ3v) is 3.91. The van der Waals surface area contributed by atoms with E-state index in [9.17, 15) is 18.4 Å². The van der Waals surface area contributed by atoms with Crippen LogP contribution in [0.2, 0.25) is 0 Å². The molecule has 1 saturated heterocycles. The van der Waals surface area contributed by atoms with Crippen LogP contribution in [0.4, 0.5) is 13.6 Å². The van der Waals surface area contributed by atoms with Crippen LogP contribution in [0.5, 0.6) is 0 Å². The van der Waals surface area contributed by atoms with E-state index < -0.39 is 23.6 Å². The summed E-state index contributed by atoms with van der Waals surface area (Å²) in [4.78, 5) is 25.3. The first-order valence-corrected chi connectivity index (χ1v) is 7.78. The van der Waals surface area contributed by atoms with Gasteiger partial charge in [0.05, 0.1) is 6.54 Å². The van der Waals surface area contributed by atoms with Crippen molar-refractivity contribution in [2.75, 3.05) is 19.6 Å². The van der Waals surface area contributed by atoms with E-state index in [1.54, 1.807) is 0 Å². The molecular formula is C18H16F2N2O3. The Morgan fingerprint density at radius 3 is 2.64 bits per heavy atom. The summed E-state index contributed by atoms with van der Waals surface area (Å²) < 4.78 is 31.3. The van der Waals surface area contributed by atoms with Gasteiger partial charge in [-0.3, -0.25) is 4.79 Å². The van der Waals surface area contributed by atoms with Crippen LogP contribution < -0.4 is 5.32 Å². The summed E-state index contributed by atoms with van der Waals surface area (Å²) in [6, 6.07) is 12.3. The number of carbonyl (C=O) groups is 2. The minimum Gasteiger partial charge on any atom is -0.439 e. The zero-order chi connectivity index (χ0) is 17.8. The Hall–Kier alpha value is -2.96. The number of ether oxygens (including phenoxy) is 1. The number of nitrogens with zero attached hydrogens (tertiary/aromatic N) is 1. The predicted octanol–water partition coefficient (Wildman–Crippen LogP) is 2.89. The van der Waals surface area contributed by atoms with E-state index in [1.165, 1.54) is 11.0 Å². The standard InChI is InChI=1S/C18H16F2N2O3/c19-14-7-6-13(10-15(14)20)17(23)21-8-9-22-11-16(25-18(22)24)12-4-2-1-3-5-12/h1-7,10,16H,8-9,11H2,(H,21,23). The van der Waals surface area contributed by atoms with Crippen molar-refractivity contribution in [3.63, 3.8) is 0 Å². The molecule has 3 rings (SSSR count). The molecule has 0 aromatic heterocycles. The summed E-state index contributed by atoms with van der Waals surface area (Å²) in [6.45, 7) is 0.829. The minimum absolute atomic E-state index is 0.0186. The summed E-state index contributed by atoms with van der Waals surface area (Å²) >= 11 is 0. The van der Waals surface area contributed by atoms with Crippen LogP contribution in [0.15, 0.2) is 48.5 Å². The van der Waals surface area contributed by atoms with Crippen LogP contribution in [-0.4, -0.2) is 36.5 Å². The summed E-state index contributed by atoms with van der Waals surface area (Å²) in [5, 5.41) is 2.57. The van der Waals surface area contributed by atoms with E-state index in [0.29, 0.717) is 6.54 Å². The molecule has 25 heavy (non-hydrogen) atoms. The second kappa shape index (κ2) is 7.29. The molecule has 0 radical (unpaired) electrons. The topological polar surface area (TPSA) is 58.6 Å². The number of hydrogen-bond donors (Lipinski definition) is 1. The van der Waals surface area contributed by atoms with Crippen LogP contribution >= 0.6 is 0 Å². The Morgan fingerprint density at radius 2 is 1.92 bits per heavy atom. The molecule has 1 heterocycles. The Morgan fingerprint density at radius 1 is 1.16 bits per heavy atom. The van der Waals surface area contributed by atoms with Crippen molar-refractivity contribution in [3.8, 4) is 0 Å². The van der Waals surface area contributed by atoms with Gasteiger partial charge in [0.2, 0.25) is 0 Å². The molecule has 2 amide bonds. The third kappa shape index (κ3) is 3.93. The monoisotopic (exact) mass is 346 g/mol. The first-order chi connectivity index (χ1) is 12.0. The van der Waals surface area contributed by atoms with Gasteiger partial charge in [0.1, 0.15) is 6.10 Å². The molecular weight excluding hydrogens is 330 g/mol. The lowest BCUT2D eigenvalue weighted by atomic mass is 10.1. The molecule has 1 aliphatic rings. The highest BCUT2D eigenvalue weighted by molar-refractivity contribution is 5.94. The highest BCUT2D eigenvalue weighted by atomic mass is 19.2. The van der Waals surface area contributed by atoms with E-state index in [2.05, 4.69) is 5.32 Å². The number of rotatable bonds is 5. The second-order valence-electron chi connectivity index (χ2n) is 5.61. The van der Waals surface area contributed by atoms with E-state index in [0.717, 1.165) is 17.7 Å². The molecule has 1 aliphatic heterocycles. The summed E-state index contributed by atoms with van der Waals surface area (Å²) in [5.74, 6) is -2.63. The van der Waals surface area contributed by atoms with Crippen LogP contribution in [0.3, 0.4) is 0 Å². The number of halogens is 2. The van der Waals surface area contributed by atoms with Crippen LogP contribution in [0.1, 0.15) is 22.0 Å². The fourth-order valence-corrected chi connectivity index (χ4v) is 2.58. The highest BCUT2D eigenvalue weighted by Crippen LogP contribution is 2.25. The smallest absolute Gasteiger partial charge is 0.410 e. The SMILES string of the molecule is O=C(NCCN1CC(c2ccccc2)OC1=O)c1ccc(F)c(F)c1. The maximum Gasteiger partial charge on any atom is 0.410 e. The first kappa shape index (κ1) is 16.9. The molecule has 1 unspecified atom stereocenters. The molecule has 0 aliphatic carbocycles. The number of cyclic esters (lactones) is 1. The van der Waals surface area contributed by atoms with Gasteiger partial charge in [0, 0.05) is 18.7 Å². The normalized spacial score (nSPS) is 16.6. The van der Waals surface area contributed by atoms with Crippen LogP contribution in [0, 0.1) is 11.6 Å². The molecule has 0 saturated carbocycles. The Balaban J connectivity index is 1.51. The average molecular weight is 346 g/mol. The van der Waals surface area contributed by atoms with Crippen molar-refractivity contribution in [1.82, 2.24) is 10.2 Å². The van der Waals surface area contributed by atoms with Gasteiger partial charge in [-0.2, -0.15) is 0 Å².